The topological polar surface area (TPSA) is 63.2 Å². The van der Waals surface area contributed by atoms with Crippen LogP contribution in [0.2, 0.25) is 0 Å². The van der Waals surface area contributed by atoms with Gasteiger partial charge in [0.2, 0.25) is 11.9 Å². The Morgan fingerprint density at radius 3 is 2.65 bits per heavy atom. The van der Waals surface area contributed by atoms with E-state index >= 15 is 0 Å². The first kappa shape index (κ1) is 15.3. The summed E-state index contributed by atoms with van der Waals surface area (Å²) in [4.78, 5) is 15.4. The molecule has 0 radical (unpaired) electrons. The fraction of sp³-hybridized carbons (Fsp3) is 0.769. The number of thioether (sulfide) groups is 1. The largest absolute Gasteiger partial charge is 0.381 e. The third kappa shape index (κ3) is 4.49. The van der Waals surface area contributed by atoms with E-state index in [1.807, 2.05) is 19.0 Å². The minimum Gasteiger partial charge on any atom is -0.381 e. The Bertz CT molecular complexity index is 423. The zero-order valence-corrected chi connectivity index (χ0v) is 13.2. The monoisotopic (exact) mass is 297 g/mol. The molecule has 0 amide bonds. The number of aromatic nitrogens is 3. The van der Waals surface area contributed by atoms with Crippen molar-refractivity contribution in [3.63, 3.8) is 0 Å². The lowest BCUT2D eigenvalue weighted by molar-refractivity contribution is 0.1000. The van der Waals surface area contributed by atoms with E-state index < -0.39 is 0 Å². The molecule has 1 aliphatic rings. The van der Waals surface area contributed by atoms with Crippen molar-refractivity contribution in [2.75, 3.05) is 44.1 Å². The molecular weight excluding hydrogens is 274 g/mol. The Morgan fingerprint density at radius 1 is 1.25 bits per heavy atom. The summed E-state index contributed by atoms with van der Waals surface area (Å²) in [6.07, 6.45) is 3.17. The Kier molecular flexibility index (Phi) is 5.85. The fourth-order valence-corrected chi connectivity index (χ4v) is 2.86. The van der Waals surface area contributed by atoms with E-state index in [9.17, 15) is 0 Å². The van der Waals surface area contributed by atoms with Crippen LogP contribution >= 0.6 is 11.8 Å². The highest BCUT2D eigenvalue weighted by Crippen LogP contribution is 2.28. The highest BCUT2D eigenvalue weighted by atomic mass is 32.2. The summed E-state index contributed by atoms with van der Waals surface area (Å²) in [5.41, 5.74) is 0. The molecule has 112 valence electrons. The second-order valence-electron chi connectivity index (χ2n) is 4.99. The van der Waals surface area contributed by atoms with Gasteiger partial charge in [-0.25, -0.2) is 0 Å². The predicted octanol–water partition coefficient (Wildman–Crippen LogP) is 2.03. The lowest BCUT2D eigenvalue weighted by Gasteiger charge is -2.21. The average Bonchev–Trinajstić information content (AvgIpc) is 2.46. The molecule has 0 saturated carbocycles. The lowest BCUT2D eigenvalue weighted by atomic mass is 10.2. The Balaban J connectivity index is 2.10. The van der Waals surface area contributed by atoms with Gasteiger partial charge in [0.05, 0.1) is 0 Å². The molecule has 0 spiro atoms. The van der Waals surface area contributed by atoms with Gasteiger partial charge in [0.15, 0.2) is 5.16 Å². The van der Waals surface area contributed by atoms with Gasteiger partial charge in [-0.15, -0.1) is 0 Å². The molecule has 1 aromatic rings. The summed E-state index contributed by atoms with van der Waals surface area (Å²) in [6, 6.07) is 0. The minimum atomic E-state index is 0.542. The molecule has 0 atom stereocenters. The molecule has 0 bridgehead atoms. The molecular formula is C13H23N5OS. The van der Waals surface area contributed by atoms with Gasteiger partial charge in [-0.1, -0.05) is 18.7 Å². The van der Waals surface area contributed by atoms with Crippen molar-refractivity contribution >= 4 is 23.7 Å². The van der Waals surface area contributed by atoms with E-state index in [1.54, 1.807) is 11.8 Å². The highest BCUT2D eigenvalue weighted by molar-refractivity contribution is 7.99. The lowest BCUT2D eigenvalue weighted by Crippen LogP contribution is -2.19. The summed E-state index contributed by atoms with van der Waals surface area (Å²) in [5.74, 6) is 1.37. The summed E-state index contributed by atoms with van der Waals surface area (Å²) in [5, 5.41) is 4.58. The number of hydrogen-bond acceptors (Lipinski definition) is 7. The van der Waals surface area contributed by atoms with Crippen LogP contribution in [0.4, 0.5) is 11.9 Å². The number of nitrogens with one attached hydrogen (secondary N) is 1. The summed E-state index contributed by atoms with van der Waals surface area (Å²) < 4.78 is 5.39. The van der Waals surface area contributed by atoms with Gasteiger partial charge in [0, 0.05) is 39.1 Å². The SMILES string of the molecule is CCCNc1nc(SC2CCOCC2)nc(N(C)C)n1. The van der Waals surface area contributed by atoms with Crippen LogP contribution in [0.25, 0.3) is 0 Å². The van der Waals surface area contributed by atoms with Gasteiger partial charge < -0.3 is 15.0 Å². The first-order valence-electron chi connectivity index (χ1n) is 7.10. The maximum absolute atomic E-state index is 5.39. The van der Waals surface area contributed by atoms with Crippen molar-refractivity contribution in [3.8, 4) is 0 Å². The molecule has 0 unspecified atom stereocenters. The predicted molar refractivity (Wildman–Crippen MR) is 82.6 cm³/mol. The number of anilines is 2. The first-order valence-corrected chi connectivity index (χ1v) is 7.98. The maximum atomic E-state index is 5.39. The van der Waals surface area contributed by atoms with E-state index in [-0.39, 0.29) is 0 Å². The van der Waals surface area contributed by atoms with Gasteiger partial charge in [-0.2, -0.15) is 15.0 Å². The van der Waals surface area contributed by atoms with E-state index in [4.69, 9.17) is 4.74 Å². The molecule has 1 fully saturated rings. The molecule has 0 aromatic carbocycles. The molecule has 1 N–H and O–H groups in total. The molecule has 1 saturated heterocycles. The highest BCUT2D eigenvalue weighted by Gasteiger charge is 2.18. The van der Waals surface area contributed by atoms with Gasteiger partial charge in [0.1, 0.15) is 0 Å². The number of rotatable bonds is 6. The van der Waals surface area contributed by atoms with Gasteiger partial charge in [-0.05, 0) is 19.3 Å². The van der Waals surface area contributed by atoms with Crippen molar-refractivity contribution in [2.24, 2.45) is 0 Å². The van der Waals surface area contributed by atoms with Crippen molar-refractivity contribution < 1.29 is 4.74 Å². The van der Waals surface area contributed by atoms with Gasteiger partial charge in [0.25, 0.3) is 0 Å². The van der Waals surface area contributed by atoms with Crippen molar-refractivity contribution in [2.45, 2.75) is 36.6 Å². The van der Waals surface area contributed by atoms with E-state index in [0.29, 0.717) is 17.1 Å². The summed E-state index contributed by atoms with van der Waals surface area (Å²) >= 11 is 1.73. The Labute approximate surface area is 124 Å². The quantitative estimate of drug-likeness (QED) is 0.862. The summed E-state index contributed by atoms with van der Waals surface area (Å²) in [7, 11) is 3.89. The van der Waals surface area contributed by atoms with Gasteiger partial charge >= 0.3 is 0 Å². The molecule has 7 heteroatoms. The van der Waals surface area contributed by atoms with Crippen LogP contribution in [-0.4, -0.2) is 54.1 Å². The zero-order valence-electron chi connectivity index (χ0n) is 12.4. The minimum absolute atomic E-state index is 0.542. The molecule has 0 aliphatic carbocycles. The van der Waals surface area contributed by atoms with Crippen molar-refractivity contribution in [1.29, 1.82) is 0 Å². The number of ether oxygens (including phenoxy) is 1. The van der Waals surface area contributed by atoms with Crippen molar-refractivity contribution in [3.05, 3.63) is 0 Å². The molecule has 1 aliphatic heterocycles. The molecule has 20 heavy (non-hydrogen) atoms. The Morgan fingerprint density at radius 2 is 2.00 bits per heavy atom. The number of nitrogens with zero attached hydrogens (tertiary/aromatic N) is 4. The average molecular weight is 297 g/mol. The molecule has 2 rings (SSSR count). The van der Waals surface area contributed by atoms with Crippen LogP contribution in [-0.2, 0) is 4.74 Å². The van der Waals surface area contributed by atoms with Crippen LogP contribution in [0.5, 0.6) is 0 Å². The smallest absolute Gasteiger partial charge is 0.230 e. The van der Waals surface area contributed by atoms with E-state index in [2.05, 4.69) is 27.2 Å². The van der Waals surface area contributed by atoms with Crippen LogP contribution in [0.1, 0.15) is 26.2 Å². The molecule has 2 heterocycles. The van der Waals surface area contributed by atoms with E-state index in [1.165, 1.54) is 0 Å². The third-order valence-corrected chi connectivity index (χ3v) is 4.17. The van der Waals surface area contributed by atoms with Crippen molar-refractivity contribution in [1.82, 2.24) is 15.0 Å². The van der Waals surface area contributed by atoms with Crippen LogP contribution < -0.4 is 10.2 Å². The van der Waals surface area contributed by atoms with Crippen LogP contribution in [0.3, 0.4) is 0 Å². The zero-order chi connectivity index (χ0) is 14.4. The second-order valence-corrected chi connectivity index (χ2v) is 6.26. The number of hydrogen-bond donors (Lipinski definition) is 1. The molecule has 1 aromatic heterocycles. The normalized spacial score (nSPS) is 16.1. The van der Waals surface area contributed by atoms with Crippen LogP contribution in [0.15, 0.2) is 5.16 Å². The van der Waals surface area contributed by atoms with Crippen LogP contribution in [0, 0.1) is 0 Å². The third-order valence-electron chi connectivity index (χ3n) is 2.98. The standard InChI is InChI=1S/C13H23N5OS/c1-4-7-14-11-15-12(18(2)3)17-13(16-11)20-10-5-8-19-9-6-10/h10H,4-9H2,1-3H3,(H,14,15,16,17). The first-order chi connectivity index (χ1) is 9.69. The van der Waals surface area contributed by atoms with E-state index in [0.717, 1.165) is 44.2 Å². The summed E-state index contributed by atoms with van der Waals surface area (Å²) in [6.45, 7) is 4.67. The fourth-order valence-electron chi connectivity index (χ4n) is 1.86. The Hall–Kier alpha value is -1.08. The maximum Gasteiger partial charge on any atom is 0.230 e. The molecule has 6 nitrogen and oxygen atoms in total. The second kappa shape index (κ2) is 7.64. The van der Waals surface area contributed by atoms with Gasteiger partial charge in [-0.3, -0.25) is 0 Å².